The molecule has 7 fully saturated rings. The lowest BCUT2D eigenvalue weighted by Gasteiger charge is -2.44. The van der Waals surface area contributed by atoms with Crippen molar-refractivity contribution >= 4 is 0 Å². The van der Waals surface area contributed by atoms with Gasteiger partial charge in [0.05, 0.1) is 0 Å². The Morgan fingerprint density at radius 2 is 0.699 bits per heavy atom. The molecule has 0 heterocycles. The van der Waals surface area contributed by atoms with Gasteiger partial charge >= 0.3 is 0 Å². The molecular weight excluding hydrogens is 877 g/mol. The Morgan fingerprint density at radius 3 is 0.932 bits per heavy atom. The van der Waals surface area contributed by atoms with Crippen molar-refractivity contribution in [2.24, 2.45) is 79.7 Å². The van der Waals surface area contributed by atoms with E-state index in [1.165, 1.54) is 109 Å². The summed E-state index contributed by atoms with van der Waals surface area (Å²) in [6.07, 6.45) is 31.8. The zero-order valence-electron chi connectivity index (χ0n) is 69.7. The van der Waals surface area contributed by atoms with E-state index in [9.17, 15) is 0 Å². The SMILES string of the molecule is [2H]C(C)(C)C.[2H]C([2H])(C)C(C)(C)C.[2H]C([2H])(C)C(C)(C)C.[2H]C([2H])(C)C(C)C.[2H]C([2H])(C)C1CCCC1.[2H]C1(C)CC(C)(C)CC(C)(C)C1.[2H]C1(C)CCC(C)(C)CC1.[2H]C1(C)CCC2(CCCCC2)CC1.[2H]C1(C)CCCC1.[2H]C1(C)CCCCC1. The third-order valence-electron chi connectivity index (χ3n) is 16.1. The highest BCUT2D eigenvalue weighted by atomic mass is 14.4. The van der Waals surface area contributed by atoms with Gasteiger partial charge < -0.3 is 0 Å². The second kappa shape index (κ2) is 42.0. The van der Waals surface area contributed by atoms with Gasteiger partial charge in [-0.1, -0.05) is 334 Å². The van der Waals surface area contributed by atoms with E-state index in [0.717, 1.165) is 77.0 Å². The Hall–Kier alpha value is 0. The van der Waals surface area contributed by atoms with E-state index in [-0.39, 0.29) is 52.1 Å². The third kappa shape index (κ3) is 52.5. The molecule has 444 valence electrons. The van der Waals surface area contributed by atoms with Gasteiger partial charge in [0, 0.05) is 19.2 Å². The van der Waals surface area contributed by atoms with Crippen molar-refractivity contribution in [2.45, 2.75) is 392 Å². The van der Waals surface area contributed by atoms with Crippen LogP contribution in [0.1, 0.15) is 411 Å². The minimum atomic E-state index is -1.06. The molecule has 0 N–H and O–H groups in total. The average molecular weight is 1040 g/mol. The second-order valence-corrected chi connectivity index (χ2v) is 29.9. The molecule has 1 spiro atoms. The summed E-state index contributed by atoms with van der Waals surface area (Å²) in [6.45, 7) is 51.3. The average Bonchev–Trinajstić information content (AvgIpc) is 2.16. The van der Waals surface area contributed by atoms with Crippen LogP contribution < -0.4 is 0 Å². The molecule has 0 aromatic heterocycles. The molecular formula is C73H152. The number of rotatable bonds is 2. The van der Waals surface area contributed by atoms with Crippen molar-refractivity contribution in [3.8, 4) is 0 Å². The van der Waals surface area contributed by atoms with Crippen molar-refractivity contribution in [1.29, 1.82) is 0 Å². The molecule has 0 heteroatoms. The van der Waals surface area contributed by atoms with Crippen LogP contribution >= 0.6 is 0 Å². The Labute approximate surface area is 489 Å². The highest BCUT2D eigenvalue weighted by Gasteiger charge is 2.37. The highest BCUT2D eigenvalue weighted by Crippen LogP contribution is 2.49. The fourth-order valence-electron chi connectivity index (χ4n) is 10.8. The zero-order valence-corrected chi connectivity index (χ0v) is 55.7. The fraction of sp³-hybridized carbons (Fsp3) is 1.00. The summed E-state index contributed by atoms with van der Waals surface area (Å²) in [7, 11) is 0. The quantitative estimate of drug-likeness (QED) is 0.259. The topological polar surface area (TPSA) is 0 Å². The summed E-state index contributed by atoms with van der Waals surface area (Å²) in [5, 5.41) is 0. The van der Waals surface area contributed by atoms with E-state index in [1.807, 2.05) is 90.0 Å². The minimum Gasteiger partial charge on any atom is -0.0651 e. The van der Waals surface area contributed by atoms with Crippen LogP contribution in [-0.4, -0.2) is 0 Å². The molecule has 7 saturated carbocycles. The lowest BCUT2D eigenvalue weighted by atomic mass is 9.62. The van der Waals surface area contributed by atoms with E-state index >= 15 is 0 Å². The van der Waals surface area contributed by atoms with Gasteiger partial charge in [-0.05, 0) is 137 Å². The molecule has 7 aliphatic carbocycles. The molecule has 0 aromatic carbocycles. The summed E-state index contributed by atoms with van der Waals surface area (Å²) in [5.41, 5.74) is 1.47. The normalized spacial score (nSPS) is 28.9. The first-order valence-corrected chi connectivity index (χ1v) is 31.1. The van der Waals surface area contributed by atoms with Crippen molar-refractivity contribution in [3.63, 3.8) is 0 Å². The fourth-order valence-corrected chi connectivity index (χ4v) is 10.8. The van der Waals surface area contributed by atoms with Gasteiger partial charge in [-0.15, -0.1) is 0 Å². The second-order valence-electron chi connectivity index (χ2n) is 29.9. The molecule has 0 unspecified atom stereocenters. The molecule has 0 aliphatic heterocycles. The van der Waals surface area contributed by atoms with Crippen molar-refractivity contribution in [3.05, 3.63) is 0 Å². The van der Waals surface area contributed by atoms with Crippen LogP contribution in [0.25, 0.3) is 0 Å². The molecule has 0 atom stereocenters. The first-order valence-electron chi connectivity index (χ1n) is 38.1. The van der Waals surface area contributed by atoms with Crippen LogP contribution in [0, 0.1) is 79.7 Å². The molecule has 0 aromatic rings. The van der Waals surface area contributed by atoms with E-state index in [2.05, 4.69) is 62.3 Å². The molecule has 7 rings (SSSR count). The van der Waals surface area contributed by atoms with Gasteiger partial charge in [-0.2, -0.15) is 0 Å². The molecule has 0 amide bonds. The highest BCUT2D eigenvalue weighted by molar-refractivity contribution is 4.88. The zero-order chi connectivity index (χ0) is 69.7. The Bertz CT molecular complexity index is 1630. The van der Waals surface area contributed by atoms with Gasteiger partial charge in [0.2, 0.25) is 0 Å². The molecule has 0 radical (unpaired) electrons. The maximum Gasteiger partial charge on any atom is 0.0300 e. The van der Waals surface area contributed by atoms with Crippen LogP contribution in [0.3, 0.4) is 0 Å². The van der Waals surface area contributed by atoms with Crippen molar-refractivity contribution in [1.82, 2.24) is 0 Å². The lowest BCUT2D eigenvalue weighted by Crippen LogP contribution is -2.32. The van der Waals surface area contributed by atoms with Crippen LogP contribution in [0.15, 0.2) is 0 Å². The number of hydrogen-bond donors (Lipinski definition) is 0. The summed E-state index contributed by atoms with van der Waals surface area (Å²) in [6, 6.07) is 0. The maximum absolute atomic E-state index is 8.14. The first-order chi connectivity index (χ1) is 38.1. The molecule has 0 saturated heterocycles. The smallest absolute Gasteiger partial charge is 0.0300 e. The number of hydrogen-bond acceptors (Lipinski definition) is 0. The first kappa shape index (κ1) is 53.6. The van der Waals surface area contributed by atoms with Crippen LogP contribution in [0.2, 0.25) is 0 Å². The van der Waals surface area contributed by atoms with Gasteiger partial charge in [0.15, 0.2) is 0 Å². The van der Waals surface area contributed by atoms with Crippen LogP contribution in [-0.2, 0) is 0 Å². The van der Waals surface area contributed by atoms with Gasteiger partial charge in [0.1, 0.15) is 0 Å². The lowest BCUT2D eigenvalue weighted by molar-refractivity contribution is 0.0754. The summed E-state index contributed by atoms with van der Waals surface area (Å²) in [4.78, 5) is 0. The summed E-state index contributed by atoms with van der Waals surface area (Å²) in [5.74, 6) is -0.313. The Morgan fingerprint density at radius 1 is 0.425 bits per heavy atom. The molecule has 0 nitrogen and oxygen atoms in total. The van der Waals surface area contributed by atoms with Crippen molar-refractivity contribution < 1.29 is 19.2 Å². The standard InChI is InChI=1S/C12H22.C11H22.C9H18.2C7H14.C6H12.2C6H14.C5H12.C4H10/c1-11-5-9-12(10-6-11)7-3-2-4-8-12;1-9-6-10(2,3)8-11(4,5)7-9;1-8-4-6-9(2,3)7-5-8;1-7-5-3-2-4-6-7;1-2-7-5-3-4-6-7;1-6-4-2-3-5-6;2*1-5-6(2,3)4;1-4-5(2)3;1-4(2)3/h11H,2-10H2,1H3;9H,6-8H2,1-5H3;8H,4-7H2,1-3H3;2*7H,2-6H2,1H3;6H,2-5H2,1H3;2*5H2,1-4H3;5H,4H2,1-3H3;4H,1-3H3/i11D;9D;8D;7D;2D2;6D;2*5D2;4D2;4D. The van der Waals surface area contributed by atoms with E-state index in [1.54, 1.807) is 27.7 Å². The molecule has 7 aliphatic rings. The van der Waals surface area contributed by atoms with E-state index < -0.39 is 25.5 Å². The Balaban J connectivity index is -0.000000911. The van der Waals surface area contributed by atoms with Crippen molar-refractivity contribution in [2.75, 3.05) is 0 Å². The van der Waals surface area contributed by atoms with Crippen LogP contribution in [0.5, 0.6) is 0 Å². The maximum atomic E-state index is 8.14. The summed E-state index contributed by atoms with van der Waals surface area (Å²) >= 11 is 0. The largest absolute Gasteiger partial charge is 0.0651 e. The third-order valence-corrected chi connectivity index (χ3v) is 16.1. The van der Waals surface area contributed by atoms with E-state index in [0.29, 0.717) is 27.6 Å². The van der Waals surface area contributed by atoms with Crippen LogP contribution in [0.4, 0.5) is 0 Å². The monoisotopic (exact) mass is 1040 g/mol. The minimum absolute atomic E-state index is 0.0556. The van der Waals surface area contributed by atoms with Gasteiger partial charge in [0.25, 0.3) is 0 Å². The van der Waals surface area contributed by atoms with Gasteiger partial charge in [-0.3, -0.25) is 0 Å². The summed E-state index contributed by atoms with van der Waals surface area (Å²) < 4.78 is 104. The Kier molecular flexibility index (Phi) is 30.8. The predicted octanol–water partition coefficient (Wildman–Crippen LogP) is 27.2. The predicted molar refractivity (Wildman–Crippen MR) is 342 cm³/mol. The molecule has 73 heavy (non-hydrogen) atoms. The van der Waals surface area contributed by atoms with E-state index in [4.69, 9.17) is 19.2 Å². The molecule has 0 bridgehead atoms. The van der Waals surface area contributed by atoms with Gasteiger partial charge in [-0.25, -0.2) is 0 Å².